The van der Waals surface area contributed by atoms with Crippen molar-refractivity contribution in [2.24, 2.45) is 5.92 Å². The molecule has 0 spiro atoms. The second-order valence-corrected chi connectivity index (χ2v) is 5.82. The first-order valence-corrected chi connectivity index (χ1v) is 7.62. The van der Waals surface area contributed by atoms with E-state index in [0.29, 0.717) is 31.0 Å². The average molecular weight is 288 g/mol. The number of nitrogens with one attached hydrogen (secondary N) is 2. The van der Waals surface area contributed by atoms with Crippen molar-refractivity contribution < 1.29 is 9.59 Å². The second kappa shape index (κ2) is 6.20. The van der Waals surface area contributed by atoms with E-state index in [1.165, 1.54) is 0 Å². The molecule has 2 saturated carbocycles. The molecule has 2 fully saturated rings. The summed E-state index contributed by atoms with van der Waals surface area (Å²) in [7, 11) is 0. The lowest BCUT2D eigenvalue weighted by Crippen LogP contribution is -2.26. The van der Waals surface area contributed by atoms with Crippen molar-refractivity contribution in [3.05, 3.63) is 18.2 Å². The highest BCUT2D eigenvalue weighted by Crippen LogP contribution is 2.37. The van der Waals surface area contributed by atoms with Crippen LogP contribution in [0.3, 0.4) is 0 Å². The quantitative estimate of drug-likeness (QED) is 0.746. The molecule has 0 radical (unpaired) electrons. The number of rotatable bonds is 7. The van der Waals surface area contributed by atoms with E-state index in [1.807, 2.05) is 0 Å². The zero-order valence-corrected chi connectivity index (χ0v) is 12.0. The van der Waals surface area contributed by atoms with E-state index in [1.54, 1.807) is 12.4 Å². The summed E-state index contributed by atoms with van der Waals surface area (Å²) in [6, 6.07) is 0. The molecule has 1 aromatic heterocycles. The highest BCUT2D eigenvalue weighted by atomic mass is 16.2. The lowest BCUT2D eigenvalue weighted by molar-refractivity contribution is -0.122. The van der Waals surface area contributed by atoms with Crippen LogP contribution in [0.2, 0.25) is 0 Å². The number of hydrogen-bond acceptors (Lipinski definition) is 4. The molecular weight excluding hydrogens is 268 g/mol. The first-order valence-electron chi connectivity index (χ1n) is 7.62. The third-order valence-electron chi connectivity index (χ3n) is 3.73. The van der Waals surface area contributed by atoms with Crippen molar-refractivity contribution in [2.45, 2.75) is 44.4 Å². The smallest absolute Gasteiger partial charge is 0.224 e. The first kappa shape index (κ1) is 14.0. The van der Waals surface area contributed by atoms with Gasteiger partial charge in [-0.15, -0.1) is 0 Å². The van der Waals surface area contributed by atoms with E-state index in [-0.39, 0.29) is 17.7 Å². The number of aromatic nitrogens is 2. The molecule has 1 aromatic rings. The Bertz CT molecular complexity index is 521. The Labute approximate surface area is 123 Å². The number of hydrogen-bond donors (Lipinski definition) is 2. The maximum absolute atomic E-state index is 11.8. The van der Waals surface area contributed by atoms with Gasteiger partial charge in [0.25, 0.3) is 0 Å². The largest absolute Gasteiger partial charge is 0.356 e. The molecular formula is C15H20N4O2. The van der Waals surface area contributed by atoms with Crippen LogP contribution < -0.4 is 10.6 Å². The van der Waals surface area contributed by atoms with Crippen LogP contribution in [-0.4, -0.2) is 28.3 Å². The van der Waals surface area contributed by atoms with Crippen LogP contribution in [-0.2, 0) is 9.59 Å². The zero-order chi connectivity index (χ0) is 14.7. The van der Waals surface area contributed by atoms with Gasteiger partial charge < -0.3 is 10.6 Å². The second-order valence-electron chi connectivity index (χ2n) is 5.82. The number of carbonyl (C=O) groups is 2. The van der Waals surface area contributed by atoms with Crippen molar-refractivity contribution >= 4 is 17.5 Å². The summed E-state index contributed by atoms with van der Waals surface area (Å²) < 4.78 is 0. The Hall–Kier alpha value is -1.98. The van der Waals surface area contributed by atoms with E-state index < -0.39 is 0 Å². The Balaban J connectivity index is 1.34. The molecule has 0 atom stereocenters. The summed E-state index contributed by atoms with van der Waals surface area (Å²) in [5.41, 5.74) is 0.631. The fourth-order valence-electron chi connectivity index (χ4n) is 2.13. The van der Waals surface area contributed by atoms with Crippen molar-refractivity contribution in [3.63, 3.8) is 0 Å². The molecule has 21 heavy (non-hydrogen) atoms. The number of anilines is 1. The molecule has 2 aliphatic carbocycles. The van der Waals surface area contributed by atoms with Gasteiger partial charge >= 0.3 is 0 Å². The minimum absolute atomic E-state index is 0.0709. The summed E-state index contributed by atoms with van der Waals surface area (Å²) in [6.07, 6.45) is 8.68. The van der Waals surface area contributed by atoms with Crippen LogP contribution in [0.5, 0.6) is 0 Å². The highest BCUT2D eigenvalue weighted by molar-refractivity contribution is 5.90. The summed E-state index contributed by atoms with van der Waals surface area (Å²) in [5.74, 6) is 1.67. The molecule has 0 aliphatic heterocycles. The summed E-state index contributed by atoms with van der Waals surface area (Å²) in [5, 5.41) is 5.62. The highest BCUT2D eigenvalue weighted by Gasteiger charge is 2.29. The molecule has 0 aromatic carbocycles. The predicted molar refractivity (Wildman–Crippen MR) is 77.6 cm³/mol. The molecule has 0 bridgehead atoms. The lowest BCUT2D eigenvalue weighted by Gasteiger charge is -2.06. The maximum atomic E-state index is 11.8. The van der Waals surface area contributed by atoms with Crippen LogP contribution in [0.4, 0.5) is 5.69 Å². The fraction of sp³-hybridized carbons (Fsp3) is 0.600. The molecule has 0 saturated heterocycles. The van der Waals surface area contributed by atoms with Gasteiger partial charge in [-0.05, 0) is 32.1 Å². The molecule has 2 aliphatic rings. The predicted octanol–water partition coefficient (Wildman–Crippen LogP) is 1.60. The van der Waals surface area contributed by atoms with Gasteiger partial charge in [-0.2, -0.15) is 0 Å². The monoisotopic (exact) mass is 288 g/mol. The summed E-state index contributed by atoms with van der Waals surface area (Å²) >= 11 is 0. The van der Waals surface area contributed by atoms with Gasteiger partial charge in [0.2, 0.25) is 11.8 Å². The molecule has 3 rings (SSSR count). The zero-order valence-electron chi connectivity index (χ0n) is 12.0. The number of carbonyl (C=O) groups excluding carboxylic acids is 2. The van der Waals surface area contributed by atoms with Crippen molar-refractivity contribution in [2.75, 3.05) is 11.9 Å². The van der Waals surface area contributed by atoms with Gasteiger partial charge in [-0.25, -0.2) is 9.97 Å². The van der Waals surface area contributed by atoms with E-state index in [9.17, 15) is 9.59 Å². The van der Waals surface area contributed by atoms with Gasteiger partial charge in [-0.3, -0.25) is 9.59 Å². The summed E-state index contributed by atoms with van der Waals surface area (Å²) in [6.45, 7) is 0.555. The van der Waals surface area contributed by atoms with Crippen molar-refractivity contribution in [3.8, 4) is 0 Å². The minimum atomic E-state index is -0.0709. The SMILES string of the molecule is O=C(CCCNC(=O)C1CC1)Nc1cnc(C2CC2)nc1. The Morgan fingerprint density at radius 1 is 1.14 bits per heavy atom. The van der Waals surface area contributed by atoms with Crippen molar-refractivity contribution in [1.29, 1.82) is 0 Å². The van der Waals surface area contributed by atoms with Crippen molar-refractivity contribution in [1.82, 2.24) is 15.3 Å². The van der Waals surface area contributed by atoms with E-state index >= 15 is 0 Å². The average Bonchev–Trinajstić information content (AvgIpc) is 3.36. The Kier molecular flexibility index (Phi) is 4.13. The van der Waals surface area contributed by atoms with E-state index in [4.69, 9.17) is 0 Å². The van der Waals surface area contributed by atoms with E-state index in [2.05, 4.69) is 20.6 Å². The summed E-state index contributed by atoms with van der Waals surface area (Å²) in [4.78, 5) is 31.7. The van der Waals surface area contributed by atoms with E-state index in [0.717, 1.165) is 31.5 Å². The maximum Gasteiger partial charge on any atom is 0.224 e. The van der Waals surface area contributed by atoms with Crippen LogP contribution >= 0.6 is 0 Å². The first-order chi connectivity index (χ1) is 10.2. The molecule has 1 heterocycles. The van der Waals surface area contributed by atoms with Crippen LogP contribution in [0.25, 0.3) is 0 Å². The molecule has 112 valence electrons. The molecule has 0 unspecified atom stereocenters. The number of nitrogens with zero attached hydrogens (tertiary/aromatic N) is 2. The van der Waals surface area contributed by atoms with Gasteiger partial charge in [0.05, 0.1) is 18.1 Å². The Morgan fingerprint density at radius 3 is 2.48 bits per heavy atom. The third kappa shape index (κ3) is 4.24. The van der Waals surface area contributed by atoms with Crippen LogP contribution in [0, 0.1) is 5.92 Å². The molecule has 2 N–H and O–H groups in total. The van der Waals surface area contributed by atoms with Crippen LogP contribution in [0.1, 0.15) is 50.3 Å². The van der Waals surface area contributed by atoms with Gasteiger partial charge in [0, 0.05) is 24.8 Å². The molecule has 6 heteroatoms. The lowest BCUT2D eigenvalue weighted by atomic mass is 10.2. The normalized spacial score (nSPS) is 17.3. The number of amides is 2. The van der Waals surface area contributed by atoms with Crippen LogP contribution in [0.15, 0.2) is 12.4 Å². The van der Waals surface area contributed by atoms with Gasteiger partial charge in [0.15, 0.2) is 0 Å². The molecule has 2 amide bonds. The molecule has 6 nitrogen and oxygen atoms in total. The third-order valence-corrected chi connectivity index (χ3v) is 3.73. The van der Waals surface area contributed by atoms with Gasteiger partial charge in [0.1, 0.15) is 5.82 Å². The standard InChI is InChI=1S/C15H20N4O2/c20-13(2-1-7-16-15(21)11-5-6-11)19-12-8-17-14(18-9-12)10-3-4-10/h8-11H,1-7H2,(H,16,21)(H,19,20). The topological polar surface area (TPSA) is 84.0 Å². The fourth-order valence-corrected chi connectivity index (χ4v) is 2.13. The minimum Gasteiger partial charge on any atom is -0.356 e. The van der Waals surface area contributed by atoms with Gasteiger partial charge in [-0.1, -0.05) is 0 Å². The Morgan fingerprint density at radius 2 is 1.86 bits per heavy atom.